The zero-order valence-corrected chi connectivity index (χ0v) is 12.1. The molecule has 0 radical (unpaired) electrons. The number of aryl methyl sites for hydroxylation is 1. The lowest BCUT2D eigenvalue weighted by Gasteiger charge is -2.09. The van der Waals surface area contributed by atoms with Crippen LogP contribution in [0.4, 0.5) is 4.39 Å². The summed E-state index contributed by atoms with van der Waals surface area (Å²) in [6.45, 7) is 5.28. The van der Waals surface area contributed by atoms with E-state index in [4.69, 9.17) is 10.5 Å². The van der Waals surface area contributed by atoms with Gasteiger partial charge in [-0.15, -0.1) is 0 Å². The normalized spacial score (nSPS) is 15.6. The van der Waals surface area contributed by atoms with Crippen molar-refractivity contribution in [2.24, 2.45) is 5.73 Å². The predicted molar refractivity (Wildman–Crippen MR) is 78.7 cm³/mol. The van der Waals surface area contributed by atoms with Crippen molar-refractivity contribution in [3.63, 3.8) is 0 Å². The van der Waals surface area contributed by atoms with Crippen molar-refractivity contribution in [2.75, 3.05) is 6.61 Å². The summed E-state index contributed by atoms with van der Waals surface area (Å²) in [5.74, 6) is 0.108. The summed E-state index contributed by atoms with van der Waals surface area (Å²) in [5.41, 5.74) is 9.26. The van der Waals surface area contributed by atoms with Gasteiger partial charge in [0.25, 0.3) is 0 Å². The first kappa shape index (κ1) is 13.4. The van der Waals surface area contributed by atoms with E-state index in [0.717, 1.165) is 30.5 Å². The minimum atomic E-state index is -0.234. The van der Waals surface area contributed by atoms with Gasteiger partial charge in [-0.3, -0.25) is 0 Å². The van der Waals surface area contributed by atoms with Gasteiger partial charge in [-0.25, -0.2) is 4.39 Å². The molecule has 0 spiro atoms. The molecule has 1 aliphatic rings. The summed E-state index contributed by atoms with van der Waals surface area (Å²) in [7, 11) is 0. The molecule has 0 saturated heterocycles. The predicted octanol–water partition coefficient (Wildman–Crippen LogP) is 3.02. The van der Waals surface area contributed by atoms with Crippen LogP contribution in [0.1, 0.15) is 31.5 Å². The smallest absolute Gasteiger partial charge is 0.174 e. The molecule has 1 aromatic heterocycles. The van der Waals surface area contributed by atoms with E-state index in [1.807, 2.05) is 19.9 Å². The highest BCUT2D eigenvalue weighted by molar-refractivity contribution is 5.88. The largest absolute Gasteiger partial charge is 0.491 e. The number of rotatable bonds is 4. The summed E-state index contributed by atoms with van der Waals surface area (Å²) in [4.78, 5) is 0. The first-order chi connectivity index (χ1) is 9.63. The highest BCUT2D eigenvalue weighted by atomic mass is 19.1. The van der Waals surface area contributed by atoms with Crippen molar-refractivity contribution < 1.29 is 9.13 Å². The van der Waals surface area contributed by atoms with Gasteiger partial charge in [-0.2, -0.15) is 0 Å². The monoisotopic (exact) mass is 276 g/mol. The third kappa shape index (κ3) is 1.99. The highest BCUT2D eigenvalue weighted by Gasteiger charge is 2.25. The zero-order valence-electron chi connectivity index (χ0n) is 12.1. The molecule has 0 unspecified atom stereocenters. The topological polar surface area (TPSA) is 40.2 Å². The van der Waals surface area contributed by atoms with Gasteiger partial charge in [0.15, 0.2) is 11.6 Å². The van der Waals surface area contributed by atoms with Crippen LogP contribution < -0.4 is 10.5 Å². The van der Waals surface area contributed by atoms with E-state index in [1.54, 1.807) is 6.07 Å². The van der Waals surface area contributed by atoms with Crippen LogP contribution in [0.25, 0.3) is 10.9 Å². The van der Waals surface area contributed by atoms with E-state index in [0.29, 0.717) is 24.2 Å². The molecule has 3 nitrogen and oxygen atoms in total. The second kappa shape index (κ2) is 5.09. The molecule has 3 rings (SSSR count). The third-order valence-electron chi connectivity index (χ3n) is 3.97. The summed E-state index contributed by atoms with van der Waals surface area (Å²) in [5, 5.41) is 0.711. The summed E-state index contributed by atoms with van der Waals surface area (Å²) >= 11 is 0. The standard InChI is InChI=1S/C16H21FN2O/c1-3-20-14-7-6-13-15(16(14)17)11(9-10(2)18)12-5-4-8-19(12)13/h6-7,10H,3-5,8-9,18H2,1-2H3/t10-/m0/s1. The quantitative estimate of drug-likeness (QED) is 0.932. The minimum Gasteiger partial charge on any atom is -0.491 e. The molecular weight excluding hydrogens is 255 g/mol. The minimum absolute atomic E-state index is 0.0287. The maximum absolute atomic E-state index is 14.7. The van der Waals surface area contributed by atoms with Crippen LogP contribution in [0.15, 0.2) is 12.1 Å². The number of benzene rings is 1. The van der Waals surface area contributed by atoms with Crippen molar-refractivity contribution in [3.05, 3.63) is 29.2 Å². The molecule has 20 heavy (non-hydrogen) atoms. The van der Waals surface area contributed by atoms with Gasteiger partial charge in [0.2, 0.25) is 0 Å². The molecule has 1 atom stereocenters. The molecule has 0 amide bonds. The van der Waals surface area contributed by atoms with Gasteiger partial charge >= 0.3 is 0 Å². The lowest BCUT2D eigenvalue weighted by Crippen LogP contribution is -2.18. The van der Waals surface area contributed by atoms with Gasteiger partial charge in [0, 0.05) is 23.7 Å². The Bertz CT molecular complexity index is 646. The molecular formula is C16H21FN2O. The van der Waals surface area contributed by atoms with Crippen LogP contribution in [0, 0.1) is 5.82 Å². The zero-order chi connectivity index (χ0) is 14.3. The fourth-order valence-electron chi connectivity index (χ4n) is 3.27. The second-order valence-electron chi connectivity index (χ2n) is 5.57. The molecule has 1 aromatic carbocycles. The molecule has 1 aliphatic heterocycles. The van der Waals surface area contributed by atoms with Gasteiger partial charge in [-0.05, 0) is 50.8 Å². The lowest BCUT2D eigenvalue weighted by atomic mass is 10.0. The summed E-state index contributed by atoms with van der Waals surface area (Å²) < 4.78 is 22.4. The van der Waals surface area contributed by atoms with Crippen molar-refractivity contribution in [3.8, 4) is 5.75 Å². The Morgan fingerprint density at radius 2 is 2.25 bits per heavy atom. The summed E-state index contributed by atoms with van der Waals surface area (Å²) in [6.07, 6.45) is 2.86. The Morgan fingerprint density at radius 1 is 1.45 bits per heavy atom. The molecule has 0 fully saturated rings. The average molecular weight is 276 g/mol. The van der Waals surface area contributed by atoms with E-state index in [9.17, 15) is 4.39 Å². The van der Waals surface area contributed by atoms with Crippen molar-refractivity contribution >= 4 is 10.9 Å². The van der Waals surface area contributed by atoms with E-state index < -0.39 is 0 Å². The molecule has 4 heteroatoms. The summed E-state index contributed by atoms with van der Waals surface area (Å²) in [6, 6.07) is 3.74. The van der Waals surface area contributed by atoms with Crippen LogP contribution in [0.3, 0.4) is 0 Å². The number of hydrogen-bond acceptors (Lipinski definition) is 2. The highest BCUT2D eigenvalue weighted by Crippen LogP contribution is 2.37. The van der Waals surface area contributed by atoms with E-state index in [-0.39, 0.29) is 11.9 Å². The molecule has 2 N–H and O–H groups in total. The number of nitrogens with two attached hydrogens (primary N) is 1. The molecule has 108 valence electrons. The van der Waals surface area contributed by atoms with Gasteiger partial charge in [0.1, 0.15) is 0 Å². The van der Waals surface area contributed by atoms with Crippen molar-refractivity contribution in [1.82, 2.24) is 4.57 Å². The molecule has 2 aromatic rings. The molecule has 0 saturated carbocycles. The molecule has 2 heterocycles. The first-order valence-corrected chi connectivity index (χ1v) is 7.34. The fraction of sp³-hybridized carbons (Fsp3) is 0.500. The van der Waals surface area contributed by atoms with Crippen molar-refractivity contribution in [1.29, 1.82) is 0 Å². The maximum Gasteiger partial charge on any atom is 0.174 e. The third-order valence-corrected chi connectivity index (χ3v) is 3.97. The number of aromatic nitrogens is 1. The van der Waals surface area contributed by atoms with Crippen LogP contribution in [-0.2, 0) is 19.4 Å². The molecule has 0 aliphatic carbocycles. The Kier molecular flexibility index (Phi) is 3.42. The maximum atomic E-state index is 14.7. The fourth-order valence-corrected chi connectivity index (χ4v) is 3.27. The number of hydrogen-bond donors (Lipinski definition) is 1. The van der Waals surface area contributed by atoms with E-state index in [1.165, 1.54) is 5.69 Å². The van der Waals surface area contributed by atoms with E-state index in [2.05, 4.69) is 4.57 Å². The van der Waals surface area contributed by atoms with Gasteiger partial charge in [0.05, 0.1) is 12.1 Å². The Labute approximate surface area is 118 Å². The Balaban J connectivity index is 2.25. The Morgan fingerprint density at radius 3 is 2.95 bits per heavy atom. The number of fused-ring (bicyclic) bond motifs is 3. The first-order valence-electron chi connectivity index (χ1n) is 7.34. The Hall–Kier alpha value is -1.55. The van der Waals surface area contributed by atoms with Crippen molar-refractivity contribution in [2.45, 2.75) is 45.7 Å². The van der Waals surface area contributed by atoms with Crippen LogP contribution >= 0.6 is 0 Å². The molecule has 0 bridgehead atoms. The van der Waals surface area contributed by atoms with Crippen LogP contribution in [0.5, 0.6) is 5.75 Å². The number of ether oxygens (including phenoxy) is 1. The number of halogens is 1. The van der Waals surface area contributed by atoms with E-state index >= 15 is 0 Å². The SMILES string of the molecule is CCOc1ccc2c(c1F)c(C[C@H](C)N)c1n2CCC1. The van der Waals surface area contributed by atoms with Crippen LogP contribution in [0.2, 0.25) is 0 Å². The lowest BCUT2D eigenvalue weighted by molar-refractivity contribution is 0.323. The number of nitrogens with zero attached hydrogens (tertiary/aromatic N) is 1. The van der Waals surface area contributed by atoms with Crippen LogP contribution in [-0.4, -0.2) is 17.2 Å². The van der Waals surface area contributed by atoms with Gasteiger partial charge in [-0.1, -0.05) is 0 Å². The average Bonchev–Trinajstić information content (AvgIpc) is 2.96. The second-order valence-corrected chi connectivity index (χ2v) is 5.57. The van der Waals surface area contributed by atoms with Gasteiger partial charge < -0.3 is 15.0 Å².